The Morgan fingerprint density at radius 2 is 2.25 bits per heavy atom. The molecule has 2 fully saturated rings. The third kappa shape index (κ3) is 3.20. The van der Waals surface area contributed by atoms with Crippen LogP contribution in [0.3, 0.4) is 0 Å². The largest absolute Gasteiger partial charge is 0.370 e. The smallest absolute Gasteiger partial charge is 0.0964 e. The predicted molar refractivity (Wildman–Crippen MR) is 77.3 cm³/mol. The Kier molecular flexibility index (Phi) is 4.36. The third-order valence-corrected chi connectivity index (χ3v) is 4.56. The van der Waals surface area contributed by atoms with Crippen molar-refractivity contribution in [2.45, 2.75) is 76.7 Å². The average molecular weight is 278 g/mol. The van der Waals surface area contributed by atoms with E-state index in [1.165, 1.54) is 38.5 Å². The van der Waals surface area contributed by atoms with Crippen LogP contribution in [0, 0.1) is 0 Å². The van der Waals surface area contributed by atoms with E-state index < -0.39 is 0 Å². The van der Waals surface area contributed by atoms with Crippen LogP contribution in [0.25, 0.3) is 0 Å². The van der Waals surface area contributed by atoms with Gasteiger partial charge in [-0.1, -0.05) is 25.0 Å². The van der Waals surface area contributed by atoms with Gasteiger partial charge in [-0.15, -0.1) is 5.10 Å². The van der Waals surface area contributed by atoms with E-state index in [2.05, 4.69) is 22.6 Å². The summed E-state index contributed by atoms with van der Waals surface area (Å²) in [6.07, 6.45) is 11.1. The Balaban J connectivity index is 1.48. The monoisotopic (exact) mass is 278 g/mol. The van der Waals surface area contributed by atoms with Crippen molar-refractivity contribution in [3.05, 3.63) is 11.9 Å². The predicted octanol–water partition coefficient (Wildman–Crippen LogP) is 2.27. The maximum atomic E-state index is 6.32. The fourth-order valence-electron chi connectivity index (χ4n) is 3.52. The zero-order valence-electron chi connectivity index (χ0n) is 12.5. The summed E-state index contributed by atoms with van der Waals surface area (Å²) in [6, 6.07) is 0. The van der Waals surface area contributed by atoms with Crippen LogP contribution in [0.5, 0.6) is 0 Å². The van der Waals surface area contributed by atoms with Crippen molar-refractivity contribution in [1.29, 1.82) is 0 Å². The number of nitrogens with zero attached hydrogens (tertiary/aromatic N) is 3. The first-order valence-corrected chi connectivity index (χ1v) is 8.07. The summed E-state index contributed by atoms with van der Waals surface area (Å²) in [7, 11) is 0. The molecule has 1 aromatic rings. The van der Waals surface area contributed by atoms with E-state index in [1.54, 1.807) is 0 Å². The molecule has 5 nitrogen and oxygen atoms in total. The van der Waals surface area contributed by atoms with E-state index in [4.69, 9.17) is 4.74 Å². The molecular formula is C15H26N4O. The topological polar surface area (TPSA) is 52.0 Å². The van der Waals surface area contributed by atoms with Crippen LogP contribution in [0.2, 0.25) is 0 Å². The van der Waals surface area contributed by atoms with Gasteiger partial charge in [0.2, 0.25) is 0 Å². The second kappa shape index (κ2) is 6.22. The molecule has 1 atom stereocenters. The van der Waals surface area contributed by atoms with E-state index >= 15 is 0 Å². The second-order valence-electron chi connectivity index (χ2n) is 6.28. The van der Waals surface area contributed by atoms with Gasteiger partial charge in [-0.3, -0.25) is 0 Å². The second-order valence-corrected chi connectivity index (χ2v) is 6.28. The molecule has 0 radical (unpaired) electrons. The summed E-state index contributed by atoms with van der Waals surface area (Å²) >= 11 is 0. The molecule has 112 valence electrons. The maximum Gasteiger partial charge on any atom is 0.0964 e. The first kappa shape index (κ1) is 14.0. The lowest BCUT2D eigenvalue weighted by Crippen LogP contribution is -2.26. The van der Waals surface area contributed by atoms with Crippen LogP contribution in [0.1, 0.15) is 57.6 Å². The average Bonchev–Trinajstić information content (AvgIpc) is 3.15. The van der Waals surface area contributed by atoms with Gasteiger partial charge in [0.1, 0.15) is 0 Å². The van der Waals surface area contributed by atoms with Crippen LogP contribution in [0.4, 0.5) is 0 Å². The summed E-state index contributed by atoms with van der Waals surface area (Å²) in [6.45, 7) is 4.85. The van der Waals surface area contributed by atoms with Gasteiger partial charge in [-0.05, 0) is 38.6 Å². The van der Waals surface area contributed by atoms with Crippen molar-refractivity contribution in [2.75, 3.05) is 6.54 Å². The molecule has 1 aliphatic carbocycles. The van der Waals surface area contributed by atoms with Gasteiger partial charge >= 0.3 is 0 Å². The van der Waals surface area contributed by atoms with Crippen LogP contribution in [-0.4, -0.2) is 33.2 Å². The molecule has 1 unspecified atom stereocenters. The summed E-state index contributed by atoms with van der Waals surface area (Å²) in [5, 5.41) is 11.8. The molecule has 1 saturated heterocycles. The molecular weight excluding hydrogens is 252 g/mol. The highest BCUT2D eigenvalue weighted by atomic mass is 16.5. The van der Waals surface area contributed by atoms with Gasteiger partial charge in [-0.25, -0.2) is 4.68 Å². The highest BCUT2D eigenvalue weighted by molar-refractivity contribution is 4.95. The molecule has 2 aliphatic rings. The van der Waals surface area contributed by atoms with E-state index in [0.29, 0.717) is 6.10 Å². The standard InChI is InChI=1S/C15H26N4O/c1-2-9-16-10-13-11-19(18-17-13)12-14-5-8-15(20-14)6-3-4-7-15/h11,14,16H,2-10,12H2,1H3. The van der Waals surface area contributed by atoms with Crippen molar-refractivity contribution in [3.63, 3.8) is 0 Å². The summed E-state index contributed by atoms with van der Waals surface area (Å²) in [5.41, 5.74) is 1.24. The highest BCUT2D eigenvalue weighted by Gasteiger charge is 2.42. The fraction of sp³-hybridized carbons (Fsp3) is 0.867. The van der Waals surface area contributed by atoms with Gasteiger partial charge < -0.3 is 10.1 Å². The Hall–Kier alpha value is -0.940. The molecule has 1 spiro atoms. The number of hydrogen-bond acceptors (Lipinski definition) is 4. The summed E-state index contributed by atoms with van der Waals surface area (Å²) in [5.74, 6) is 0. The summed E-state index contributed by atoms with van der Waals surface area (Å²) in [4.78, 5) is 0. The minimum Gasteiger partial charge on any atom is -0.370 e. The van der Waals surface area contributed by atoms with E-state index in [9.17, 15) is 0 Å². The lowest BCUT2D eigenvalue weighted by atomic mass is 9.98. The SMILES string of the molecule is CCCNCc1cn(CC2CCC3(CCCC3)O2)nn1. The van der Waals surface area contributed by atoms with Gasteiger partial charge in [0.05, 0.1) is 23.9 Å². The molecule has 0 bridgehead atoms. The maximum absolute atomic E-state index is 6.32. The van der Waals surface area contributed by atoms with Crippen molar-refractivity contribution >= 4 is 0 Å². The molecule has 3 rings (SSSR count). The van der Waals surface area contributed by atoms with Gasteiger partial charge in [-0.2, -0.15) is 0 Å². The van der Waals surface area contributed by atoms with Crippen LogP contribution in [-0.2, 0) is 17.8 Å². The van der Waals surface area contributed by atoms with E-state index in [-0.39, 0.29) is 5.60 Å². The Morgan fingerprint density at radius 1 is 1.40 bits per heavy atom. The number of hydrogen-bond donors (Lipinski definition) is 1. The first-order valence-electron chi connectivity index (χ1n) is 8.07. The van der Waals surface area contributed by atoms with E-state index in [1.807, 2.05) is 10.9 Å². The number of aromatic nitrogens is 3. The molecule has 1 saturated carbocycles. The Labute approximate surface area is 121 Å². The fourth-order valence-corrected chi connectivity index (χ4v) is 3.52. The van der Waals surface area contributed by atoms with Crippen molar-refractivity contribution in [3.8, 4) is 0 Å². The lowest BCUT2D eigenvalue weighted by molar-refractivity contribution is -0.0430. The van der Waals surface area contributed by atoms with Crippen molar-refractivity contribution < 1.29 is 4.74 Å². The van der Waals surface area contributed by atoms with Crippen LogP contribution < -0.4 is 5.32 Å². The molecule has 1 aromatic heterocycles. The minimum absolute atomic E-state index is 0.219. The molecule has 0 amide bonds. The summed E-state index contributed by atoms with van der Waals surface area (Å²) < 4.78 is 8.26. The normalized spacial score (nSPS) is 24.8. The molecule has 1 aliphatic heterocycles. The third-order valence-electron chi connectivity index (χ3n) is 4.56. The molecule has 5 heteroatoms. The molecule has 20 heavy (non-hydrogen) atoms. The first-order chi connectivity index (χ1) is 9.80. The van der Waals surface area contributed by atoms with Crippen LogP contribution in [0.15, 0.2) is 6.20 Å². The number of ether oxygens (including phenoxy) is 1. The zero-order chi connectivity index (χ0) is 13.8. The minimum atomic E-state index is 0.219. The highest BCUT2D eigenvalue weighted by Crippen LogP contribution is 2.43. The quantitative estimate of drug-likeness (QED) is 0.811. The molecule has 1 N–H and O–H groups in total. The molecule has 0 aromatic carbocycles. The van der Waals surface area contributed by atoms with Gasteiger partial charge in [0.25, 0.3) is 0 Å². The van der Waals surface area contributed by atoms with Gasteiger partial charge in [0, 0.05) is 12.7 Å². The molecule has 2 heterocycles. The van der Waals surface area contributed by atoms with Crippen molar-refractivity contribution in [1.82, 2.24) is 20.3 Å². The van der Waals surface area contributed by atoms with Crippen molar-refractivity contribution in [2.24, 2.45) is 0 Å². The van der Waals surface area contributed by atoms with Gasteiger partial charge in [0.15, 0.2) is 0 Å². The lowest BCUT2D eigenvalue weighted by Gasteiger charge is -2.23. The Bertz CT molecular complexity index is 425. The zero-order valence-corrected chi connectivity index (χ0v) is 12.5. The number of rotatable bonds is 6. The Morgan fingerprint density at radius 3 is 3.05 bits per heavy atom. The van der Waals surface area contributed by atoms with E-state index in [0.717, 1.165) is 31.7 Å². The van der Waals surface area contributed by atoms with Crippen LogP contribution >= 0.6 is 0 Å². The number of nitrogens with one attached hydrogen (secondary N) is 1.